The Labute approximate surface area is 206 Å². The van der Waals surface area contributed by atoms with Crippen LogP contribution in [0.25, 0.3) is 5.69 Å². The average Bonchev–Trinajstić information content (AvgIpc) is 3.51. The van der Waals surface area contributed by atoms with Crippen LogP contribution in [0.15, 0.2) is 78.0 Å². The first kappa shape index (κ1) is 22.9. The minimum atomic E-state index is -0.417. The van der Waals surface area contributed by atoms with Crippen LogP contribution in [0.2, 0.25) is 0 Å². The summed E-state index contributed by atoms with van der Waals surface area (Å²) in [5.41, 5.74) is 2.41. The molecule has 3 aromatic carbocycles. The molecule has 1 amide bonds. The van der Waals surface area contributed by atoms with Crippen LogP contribution in [-0.2, 0) is 17.8 Å². The molecule has 0 spiro atoms. The van der Waals surface area contributed by atoms with E-state index in [0.29, 0.717) is 29.0 Å². The lowest BCUT2D eigenvalue weighted by Crippen LogP contribution is -2.30. The highest BCUT2D eigenvalue weighted by atomic mass is 32.2. The van der Waals surface area contributed by atoms with E-state index in [-0.39, 0.29) is 18.3 Å². The fourth-order valence-electron chi connectivity index (χ4n) is 3.98. The third-order valence-corrected chi connectivity index (χ3v) is 6.65. The van der Waals surface area contributed by atoms with Gasteiger partial charge in [0.05, 0.1) is 18.6 Å². The van der Waals surface area contributed by atoms with Gasteiger partial charge in [-0.3, -0.25) is 9.36 Å². The predicted octanol–water partition coefficient (Wildman–Crippen LogP) is 4.68. The van der Waals surface area contributed by atoms with Crippen LogP contribution in [0.4, 0.5) is 10.1 Å². The van der Waals surface area contributed by atoms with E-state index in [0.717, 1.165) is 17.9 Å². The third-order valence-electron chi connectivity index (χ3n) is 5.73. The molecule has 5 rings (SSSR count). The smallest absolute Gasteiger partial charge is 0.237 e. The molecule has 7 nitrogen and oxygen atoms in total. The van der Waals surface area contributed by atoms with Gasteiger partial charge in [0.25, 0.3) is 0 Å². The maximum atomic E-state index is 14.8. The summed E-state index contributed by atoms with van der Waals surface area (Å²) >= 11 is 1.23. The van der Waals surface area contributed by atoms with Gasteiger partial charge < -0.3 is 14.4 Å². The van der Waals surface area contributed by atoms with Gasteiger partial charge in [-0.15, -0.1) is 10.2 Å². The van der Waals surface area contributed by atoms with Gasteiger partial charge in [0, 0.05) is 12.2 Å². The van der Waals surface area contributed by atoms with Gasteiger partial charge in [-0.2, -0.15) is 0 Å². The second-order valence-corrected chi connectivity index (χ2v) is 8.81. The van der Waals surface area contributed by atoms with Crippen LogP contribution >= 0.6 is 11.8 Å². The highest BCUT2D eigenvalue weighted by Crippen LogP contribution is 2.30. The maximum absolute atomic E-state index is 14.8. The zero-order chi connectivity index (χ0) is 24.2. The van der Waals surface area contributed by atoms with Crippen molar-refractivity contribution in [3.05, 3.63) is 90.0 Å². The zero-order valence-electron chi connectivity index (χ0n) is 19.1. The zero-order valence-corrected chi connectivity index (χ0v) is 19.9. The van der Waals surface area contributed by atoms with Gasteiger partial charge in [0.2, 0.25) is 5.91 Å². The standard InChI is InChI=1S/C26H23FN4O3S/c1-33-19-10-12-20(13-11-19)34-16-24-28-29-26(31(24)23-9-5-3-7-21(23)27)35-17-25(32)30-15-14-18-6-2-4-8-22(18)30/h2-13H,14-17H2,1H3. The van der Waals surface area contributed by atoms with E-state index in [9.17, 15) is 9.18 Å². The number of anilines is 1. The van der Waals surface area contributed by atoms with Gasteiger partial charge in [-0.25, -0.2) is 4.39 Å². The lowest BCUT2D eigenvalue weighted by molar-refractivity contribution is -0.116. The summed E-state index contributed by atoms with van der Waals surface area (Å²) < 4.78 is 27.4. The van der Waals surface area contributed by atoms with Crippen molar-refractivity contribution >= 4 is 23.4 Å². The summed E-state index contributed by atoms with van der Waals surface area (Å²) in [6.45, 7) is 0.724. The largest absolute Gasteiger partial charge is 0.497 e. The number of ether oxygens (including phenoxy) is 2. The molecule has 178 valence electrons. The van der Waals surface area contributed by atoms with Crippen molar-refractivity contribution in [1.29, 1.82) is 0 Å². The first-order valence-electron chi connectivity index (χ1n) is 11.1. The van der Waals surface area contributed by atoms with Crippen LogP contribution < -0.4 is 14.4 Å². The highest BCUT2D eigenvalue weighted by Gasteiger charge is 2.25. The number of aromatic nitrogens is 3. The molecule has 1 aromatic heterocycles. The lowest BCUT2D eigenvalue weighted by Gasteiger charge is -2.17. The maximum Gasteiger partial charge on any atom is 0.237 e. The van der Waals surface area contributed by atoms with Crippen molar-refractivity contribution in [3.63, 3.8) is 0 Å². The number of carbonyl (C=O) groups is 1. The summed E-state index contributed by atoms with van der Waals surface area (Å²) in [6, 6.07) is 21.5. The number of fused-ring (bicyclic) bond motifs is 1. The summed E-state index contributed by atoms with van der Waals surface area (Å²) in [7, 11) is 1.60. The Morgan fingerprint density at radius 1 is 0.971 bits per heavy atom. The van der Waals surface area contributed by atoms with Crippen LogP contribution in [0.1, 0.15) is 11.4 Å². The fourth-order valence-corrected chi connectivity index (χ4v) is 4.82. The molecule has 0 saturated heterocycles. The molecule has 1 aliphatic rings. The van der Waals surface area contributed by atoms with Crippen LogP contribution in [0, 0.1) is 5.82 Å². The molecule has 0 N–H and O–H groups in total. The van der Waals surface area contributed by atoms with Gasteiger partial charge in [0.1, 0.15) is 23.9 Å². The number of halogens is 1. The number of hydrogen-bond acceptors (Lipinski definition) is 6. The number of para-hydroxylation sites is 2. The van der Waals surface area contributed by atoms with Crippen molar-refractivity contribution in [2.75, 3.05) is 24.3 Å². The Hall–Kier alpha value is -3.85. The summed E-state index contributed by atoms with van der Waals surface area (Å²) in [6.07, 6.45) is 0.838. The van der Waals surface area contributed by atoms with E-state index in [1.165, 1.54) is 23.4 Å². The molecule has 0 unspecified atom stereocenters. The summed E-state index contributed by atoms with van der Waals surface area (Å²) in [5, 5.41) is 8.92. The molecular weight excluding hydrogens is 467 g/mol. The third kappa shape index (κ3) is 4.85. The first-order valence-corrected chi connectivity index (χ1v) is 12.1. The summed E-state index contributed by atoms with van der Waals surface area (Å²) in [4.78, 5) is 14.8. The quantitative estimate of drug-likeness (QED) is 0.334. The fraction of sp³-hybridized carbons (Fsp3) is 0.192. The van der Waals surface area contributed by atoms with Gasteiger partial charge >= 0.3 is 0 Å². The van der Waals surface area contributed by atoms with Crippen molar-refractivity contribution in [2.45, 2.75) is 18.2 Å². The number of thioether (sulfide) groups is 1. The Bertz CT molecular complexity index is 1340. The molecule has 9 heteroatoms. The normalized spacial score (nSPS) is 12.5. The van der Waals surface area contributed by atoms with Crippen LogP contribution in [-0.4, -0.2) is 40.1 Å². The Morgan fingerprint density at radius 2 is 1.69 bits per heavy atom. The molecule has 0 atom stereocenters. The van der Waals surface area contributed by atoms with Gasteiger partial charge in [0.15, 0.2) is 11.0 Å². The second-order valence-electron chi connectivity index (χ2n) is 7.86. The average molecular weight is 491 g/mol. The SMILES string of the molecule is COc1ccc(OCc2nnc(SCC(=O)N3CCc4ccccc43)n2-c2ccccc2F)cc1. The van der Waals surface area contributed by atoms with E-state index in [1.807, 2.05) is 24.3 Å². The van der Waals surface area contributed by atoms with Crippen molar-refractivity contribution in [2.24, 2.45) is 0 Å². The molecule has 35 heavy (non-hydrogen) atoms. The highest BCUT2D eigenvalue weighted by molar-refractivity contribution is 7.99. The number of benzene rings is 3. The van der Waals surface area contributed by atoms with Gasteiger partial charge in [-0.1, -0.05) is 42.1 Å². The number of nitrogens with zero attached hydrogens (tertiary/aromatic N) is 4. The molecule has 0 fully saturated rings. The van der Waals surface area contributed by atoms with Crippen molar-refractivity contribution in [3.8, 4) is 17.2 Å². The topological polar surface area (TPSA) is 69.5 Å². The minimum Gasteiger partial charge on any atom is -0.497 e. The Kier molecular flexibility index (Phi) is 6.67. The first-order chi connectivity index (χ1) is 17.1. The van der Waals surface area contributed by atoms with Crippen LogP contribution in [0.5, 0.6) is 11.5 Å². The molecule has 4 aromatic rings. The van der Waals surface area contributed by atoms with E-state index < -0.39 is 5.82 Å². The Balaban J connectivity index is 1.36. The van der Waals surface area contributed by atoms with E-state index in [4.69, 9.17) is 9.47 Å². The molecule has 2 heterocycles. The second kappa shape index (κ2) is 10.2. The molecule has 1 aliphatic heterocycles. The number of rotatable bonds is 8. The van der Waals surface area contributed by atoms with Gasteiger partial charge in [-0.05, 0) is 54.4 Å². The monoisotopic (exact) mass is 490 g/mol. The van der Waals surface area contributed by atoms with Crippen molar-refractivity contribution in [1.82, 2.24) is 14.8 Å². The van der Waals surface area contributed by atoms with E-state index >= 15 is 0 Å². The lowest BCUT2D eigenvalue weighted by atomic mass is 10.2. The molecule has 0 saturated carbocycles. The molecule has 0 aliphatic carbocycles. The summed E-state index contributed by atoms with van der Waals surface area (Å²) in [5.74, 6) is 1.47. The molecule has 0 radical (unpaired) electrons. The Morgan fingerprint density at radius 3 is 2.46 bits per heavy atom. The predicted molar refractivity (Wildman–Crippen MR) is 132 cm³/mol. The number of amides is 1. The van der Waals surface area contributed by atoms with E-state index in [1.54, 1.807) is 59.0 Å². The number of methoxy groups -OCH3 is 1. The minimum absolute atomic E-state index is 0.0286. The van der Waals surface area contributed by atoms with Crippen LogP contribution in [0.3, 0.4) is 0 Å². The van der Waals surface area contributed by atoms with Crippen molar-refractivity contribution < 1.29 is 18.7 Å². The molecular formula is C26H23FN4O3S. The number of carbonyl (C=O) groups excluding carboxylic acids is 1. The number of hydrogen-bond donors (Lipinski definition) is 0. The van der Waals surface area contributed by atoms with E-state index in [2.05, 4.69) is 10.2 Å². The molecule has 0 bridgehead atoms.